The van der Waals surface area contributed by atoms with Gasteiger partial charge in [0, 0.05) is 19.6 Å². The maximum Gasteiger partial charge on any atom is 0.414 e. The molecule has 0 radical (unpaired) electrons. The minimum atomic E-state index is -1.08. The van der Waals surface area contributed by atoms with Crippen molar-refractivity contribution in [2.24, 2.45) is 5.73 Å². The minimum Gasteiger partial charge on any atom is -0.443 e. The maximum atomic E-state index is 14.6. The minimum absolute atomic E-state index is 0.274. The van der Waals surface area contributed by atoms with E-state index in [1.165, 1.54) is 23.1 Å². The fourth-order valence-corrected chi connectivity index (χ4v) is 5.13. The van der Waals surface area contributed by atoms with Crippen LogP contribution in [0.3, 0.4) is 0 Å². The number of benzene rings is 1. The molecule has 0 spiro atoms. The second-order valence-electron chi connectivity index (χ2n) is 7.14. The quantitative estimate of drug-likeness (QED) is 0.862. The van der Waals surface area contributed by atoms with Gasteiger partial charge in [0.15, 0.2) is 0 Å². The molecule has 2 aliphatic rings. The Morgan fingerprint density at radius 3 is 2.61 bits per heavy atom. The molecule has 0 aromatic heterocycles. The average molecular weight is 337 g/mol. The van der Waals surface area contributed by atoms with Crippen LogP contribution in [0.1, 0.15) is 0 Å². The lowest BCUT2D eigenvalue weighted by molar-refractivity contribution is 0.145. The molecule has 2 heterocycles. The standard InChI is InChI=1S/C16H24FN3O2Si/c1-23(2)7-5-19(6-8-23)15-4-3-12(9-14(15)17)20-11-13(10-18)22-16(20)21/h3-4,9,13H,5-8,10-11,18H2,1-2H3. The number of carbonyl (C=O) groups excluding carboxylic acids is 1. The highest BCUT2D eigenvalue weighted by Crippen LogP contribution is 2.31. The Labute approximate surface area is 137 Å². The number of hydrogen-bond acceptors (Lipinski definition) is 4. The number of ether oxygens (including phenoxy) is 1. The van der Waals surface area contributed by atoms with Crippen molar-refractivity contribution in [1.82, 2.24) is 0 Å². The molecule has 7 heteroatoms. The van der Waals surface area contributed by atoms with E-state index in [1.54, 1.807) is 12.1 Å². The van der Waals surface area contributed by atoms with Gasteiger partial charge in [-0.25, -0.2) is 9.18 Å². The van der Waals surface area contributed by atoms with Crippen molar-refractivity contribution in [3.8, 4) is 0 Å². The summed E-state index contributed by atoms with van der Waals surface area (Å²) in [7, 11) is -1.08. The highest BCUT2D eigenvalue weighted by Gasteiger charge is 2.32. The summed E-state index contributed by atoms with van der Waals surface area (Å²) in [4.78, 5) is 15.4. The maximum absolute atomic E-state index is 14.6. The van der Waals surface area contributed by atoms with Crippen molar-refractivity contribution in [2.45, 2.75) is 31.3 Å². The molecule has 1 unspecified atom stereocenters. The molecule has 5 nitrogen and oxygen atoms in total. The summed E-state index contributed by atoms with van der Waals surface area (Å²) in [5.74, 6) is -0.284. The molecule has 0 saturated carbocycles. The zero-order chi connectivity index (χ0) is 16.6. The Morgan fingerprint density at radius 1 is 1.35 bits per heavy atom. The summed E-state index contributed by atoms with van der Waals surface area (Å²) < 4.78 is 19.7. The monoisotopic (exact) mass is 337 g/mol. The third-order valence-corrected chi connectivity index (χ3v) is 7.99. The zero-order valence-electron chi connectivity index (χ0n) is 13.7. The van der Waals surface area contributed by atoms with E-state index < -0.39 is 14.2 Å². The SMILES string of the molecule is C[Si]1(C)CCN(c2ccc(N3CC(CN)OC3=O)cc2F)CC1. The van der Waals surface area contributed by atoms with Crippen LogP contribution in [-0.4, -0.2) is 46.5 Å². The lowest BCUT2D eigenvalue weighted by Crippen LogP contribution is -2.43. The highest BCUT2D eigenvalue weighted by molar-refractivity contribution is 6.77. The van der Waals surface area contributed by atoms with E-state index in [0.717, 1.165) is 13.1 Å². The number of anilines is 2. The van der Waals surface area contributed by atoms with Gasteiger partial charge in [-0.2, -0.15) is 0 Å². The first kappa shape index (κ1) is 16.3. The summed E-state index contributed by atoms with van der Waals surface area (Å²) >= 11 is 0. The molecule has 1 amide bonds. The predicted molar refractivity (Wildman–Crippen MR) is 92.4 cm³/mol. The molecule has 2 saturated heterocycles. The van der Waals surface area contributed by atoms with Crippen LogP contribution in [0.25, 0.3) is 0 Å². The van der Waals surface area contributed by atoms with E-state index >= 15 is 0 Å². The summed E-state index contributed by atoms with van der Waals surface area (Å²) in [6, 6.07) is 7.35. The van der Waals surface area contributed by atoms with E-state index in [2.05, 4.69) is 18.0 Å². The van der Waals surface area contributed by atoms with Crippen molar-refractivity contribution < 1.29 is 13.9 Å². The lowest BCUT2D eigenvalue weighted by atomic mass is 10.2. The third kappa shape index (κ3) is 3.35. The Morgan fingerprint density at radius 2 is 2.04 bits per heavy atom. The number of nitrogens with zero attached hydrogens (tertiary/aromatic N) is 2. The van der Waals surface area contributed by atoms with Gasteiger partial charge in [0.1, 0.15) is 11.9 Å². The zero-order valence-corrected chi connectivity index (χ0v) is 14.7. The Bertz CT molecular complexity index is 601. The van der Waals surface area contributed by atoms with Crippen LogP contribution in [0, 0.1) is 5.82 Å². The van der Waals surface area contributed by atoms with E-state index in [1.807, 2.05) is 0 Å². The van der Waals surface area contributed by atoms with Crippen LogP contribution in [0.5, 0.6) is 0 Å². The van der Waals surface area contributed by atoms with Gasteiger partial charge in [-0.1, -0.05) is 13.1 Å². The third-order valence-electron chi connectivity index (χ3n) is 4.84. The number of cyclic esters (lactones) is 1. The molecule has 23 heavy (non-hydrogen) atoms. The van der Waals surface area contributed by atoms with E-state index in [0.29, 0.717) is 17.9 Å². The van der Waals surface area contributed by atoms with E-state index in [-0.39, 0.29) is 18.5 Å². The molecular weight excluding hydrogens is 313 g/mol. The molecule has 1 atom stereocenters. The predicted octanol–water partition coefficient (Wildman–Crippen LogP) is 2.64. The van der Waals surface area contributed by atoms with Crippen LogP contribution in [0.4, 0.5) is 20.6 Å². The second-order valence-corrected chi connectivity index (χ2v) is 12.5. The molecule has 1 aromatic rings. The van der Waals surface area contributed by atoms with Crippen molar-refractivity contribution in [2.75, 3.05) is 36.0 Å². The Kier molecular flexibility index (Phi) is 4.33. The smallest absolute Gasteiger partial charge is 0.414 e. The van der Waals surface area contributed by atoms with Crippen LogP contribution in [0.2, 0.25) is 25.2 Å². The van der Waals surface area contributed by atoms with Crippen molar-refractivity contribution >= 4 is 25.5 Å². The Balaban J connectivity index is 1.75. The van der Waals surface area contributed by atoms with Crippen molar-refractivity contribution in [3.05, 3.63) is 24.0 Å². The summed E-state index contributed by atoms with van der Waals surface area (Å²) in [5.41, 5.74) is 6.68. The lowest BCUT2D eigenvalue weighted by Gasteiger charge is -2.37. The number of amides is 1. The average Bonchev–Trinajstić information content (AvgIpc) is 2.89. The van der Waals surface area contributed by atoms with Crippen molar-refractivity contribution in [3.63, 3.8) is 0 Å². The molecule has 2 aliphatic heterocycles. The first-order valence-electron chi connectivity index (χ1n) is 8.12. The van der Waals surface area contributed by atoms with Gasteiger partial charge in [-0.3, -0.25) is 4.90 Å². The largest absolute Gasteiger partial charge is 0.443 e. The summed E-state index contributed by atoms with van der Waals surface area (Å²) in [6.07, 6.45) is -0.780. The number of halogens is 1. The topological polar surface area (TPSA) is 58.8 Å². The molecule has 2 N–H and O–H groups in total. The molecule has 0 bridgehead atoms. The molecular formula is C16H24FN3O2Si. The molecule has 0 aliphatic carbocycles. The molecule has 2 fully saturated rings. The van der Waals surface area contributed by atoms with Gasteiger partial charge in [0.25, 0.3) is 0 Å². The van der Waals surface area contributed by atoms with Gasteiger partial charge in [-0.15, -0.1) is 0 Å². The first-order valence-corrected chi connectivity index (χ1v) is 11.5. The summed E-state index contributed by atoms with van der Waals surface area (Å²) in [6.45, 7) is 7.24. The van der Waals surface area contributed by atoms with Gasteiger partial charge < -0.3 is 15.4 Å². The second kappa shape index (κ2) is 6.12. The van der Waals surface area contributed by atoms with Gasteiger partial charge in [-0.05, 0) is 30.3 Å². The molecule has 3 rings (SSSR count). The van der Waals surface area contributed by atoms with Gasteiger partial charge in [0.05, 0.1) is 26.0 Å². The normalized spacial score (nSPS) is 24.0. The molecule has 1 aromatic carbocycles. The Hall–Kier alpha value is -1.60. The number of hydrogen-bond donors (Lipinski definition) is 1. The van der Waals surface area contributed by atoms with Crippen LogP contribution in [-0.2, 0) is 4.74 Å². The number of rotatable bonds is 3. The van der Waals surface area contributed by atoms with Crippen molar-refractivity contribution in [1.29, 1.82) is 0 Å². The van der Waals surface area contributed by atoms with Crippen LogP contribution < -0.4 is 15.5 Å². The van der Waals surface area contributed by atoms with Gasteiger partial charge >= 0.3 is 6.09 Å². The number of nitrogens with two attached hydrogens (primary N) is 1. The van der Waals surface area contributed by atoms with E-state index in [9.17, 15) is 9.18 Å². The van der Waals surface area contributed by atoms with Crippen LogP contribution >= 0.6 is 0 Å². The molecule has 126 valence electrons. The van der Waals surface area contributed by atoms with Crippen LogP contribution in [0.15, 0.2) is 18.2 Å². The first-order chi connectivity index (χ1) is 10.9. The fourth-order valence-electron chi connectivity index (χ4n) is 3.13. The number of carbonyl (C=O) groups is 1. The fraction of sp³-hybridized carbons (Fsp3) is 0.562. The highest BCUT2D eigenvalue weighted by atomic mass is 28.3. The van der Waals surface area contributed by atoms with E-state index in [4.69, 9.17) is 10.5 Å². The van der Waals surface area contributed by atoms with Gasteiger partial charge in [0.2, 0.25) is 0 Å². The summed E-state index contributed by atoms with van der Waals surface area (Å²) in [5, 5.41) is 0.